The average Bonchev–Trinajstić information content (AvgIpc) is 2.60. The molecule has 2 N–H and O–H groups in total. The van der Waals surface area contributed by atoms with Crippen LogP contribution in [0.5, 0.6) is 0 Å². The smallest absolute Gasteiger partial charge is 0.191 e. The quantitative estimate of drug-likeness (QED) is 0.391. The molecule has 0 saturated carbocycles. The monoisotopic (exact) mass is 334 g/mol. The number of hydrogen-bond acceptors (Lipinski definition) is 3. The van der Waals surface area contributed by atoms with Gasteiger partial charge in [-0.15, -0.1) is 0 Å². The molecule has 0 fully saturated rings. The van der Waals surface area contributed by atoms with Crippen LogP contribution < -0.4 is 10.6 Å². The maximum Gasteiger partial charge on any atom is 0.191 e. The largest absolute Gasteiger partial charge is 0.383 e. The van der Waals surface area contributed by atoms with Crippen LogP contribution in [0.4, 0.5) is 0 Å². The number of nitrogens with one attached hydrogen (secondary N) is 2. The molecule has 1 aromatic carbocycles. The Kier molecular flexibility index (Phi) is 9.42. The Balaban J connectivity index is 2.30. The van der Waals surface area contributed by atoms with Gasteiger partial charge in [0.15, 0.2) is 5.96 Å². The maximum atomic E-state index is 5.09. The first-order valence-corrected chi connectivity index (χ1v) is 8.67. The van der Waals surface area contributed by atoms with Crippen molar-refractivity contribution in [2.45, 2.75) is 25.7 Å². The summed E-state index contributed by atoms with van der Waals surface area (Å²) >= 11 is 0. The van der Waals surface area contributed by atoms with Crippen LogP contribution in [-0.4, -0.2) is 64.9 Å². The topological polar surface area (TPSA) is 48.9 Å². The number of ether oxygens (including phenoxy) is 1. The molecule has 0 spiro atoms. The van der Waals surface area contributed by atoms with E-state index in [9.17, 15) is 0 Å². The second-order valence-electron chi connectivity index (χ2n) is 6.75. The second-order valence-corrected chi connectivity index (χ2v) is 6.75. The van der Waals surface area contributed by atoms with Gasteiger partial charge < -0.3 is 20.3 Å². The van der Waals surface area contributed by atoms with Gasteiger partial charge in [-0.25, -0.2) is 0 Å². The van der Waals surface area contributed by atoms with E-state index < -0.39 is 0 Å². The lowest BCUT2D eigenvalue weighted by Crippen LogP contribution is -2.44. The minimum absolute atomic E-state index is 0.0548. The molecule has 0 saturated heterocycles. The fourth-order valence-electron chi connectivity index (χ4n) is 2.43. The van der Waals surface area contributed by atoms with Crippen molar-refractivity contribution in [1.82, 2.24) is 15.5 Å². The third kappa shape index (κ3) is 7.79. The summed E-state index contributed by atoms with van der Waals surface area (Å²) in [5.74, 6) is 0.860. The van der Waals surface area contributed by atoms with E-state index in [4.69, 9.17) is 4.74 Å². The van der Waals surface area contributed by atoms with Crippen molar-refractivity contribution >= 4 is 5.96 Å². The highest BCUT2D eigenvalue weighted by Crippen LogP contribution is 2.21. The molecular weight excluding hydrogens is 300 g/mol. The third-order valence-electron chi connectivity index (χ3n) is 4.16. The lowest BCUT2D eigenvalue weighted by molar-refractivity contribution is 0.161. The van der Waals surface area contributed by atoms with Gasteiger partial charge in [0.25, 0.3) is 0 Å². The lowest BCUT2D eigenvalue weighted by Gasteiger charge is -2.27. The van der Waals surface area contributed by atoms with E-state index in [0.29, 0.717) is 0 Å². The highest BCUT2D eigenvalue weighted by Gasteiger charge is 2.20. The van der Waals surface area contributed by atoms with Crippen LogP contribution in [0.2, 0.25) is 0 Å². The standard InChI is InChI=1S/C19H34N4O/c1-19(2,17-10-7-6-8-11-17)16-22-18(20-3)21-12-9-13-23(4)14-15-24-5/h6-8,10-11H,9,12-16H2,1-5H3,(H2,20,21,22). The molecule has 0 atom stereocenters. The number of rotatable bonds is 10. The van der Waals surface area contributed by atoms with Gasteiger partial charge in [0.2, 0.25) is 0 Å². The van der Waals surface area contributed by atoms with Gasteiger partial charge in [-0.2, -0.15) is 0 Å². The predicted molar refractivity (Wildman–Crippen MR) is 103 cm³/mol. The predicted octanol–water partition coefficient (Wildman–Crippen LogP) is 2.10. The van der Waals surface area contributed by atoms with E-state index >= 15 is 0 Å². The van der Waals surface area contributed by atoms with E-state index in [0.717, 1.165) is 45.2 Å². The molecular formula is C19H34N4O. The first-order chi connectivity index (χ1) is 11.5. The van der Waals surface area contributed by atoms with Crippen LogP contribution in [0, 0.1) is 0 Å². The van der Waals surface area contributed by atoms with Crippen molar-refractivity contribution in [2.75, 3.05) is 54.0 Å². The molecule has 0 aromatic heterocycles. The zero-order valence-electron chi connectivity index (χ0n) is 15.9. The lowest BCUT2D eigenvalue weighted by atomic mass is 9.85. The van der Waals surface area contributed by atoms with Crippen molar-refractivity contribution in [1.29, 1.82) is 0 Å². The fourth-order valence-corrected chi connectivity index (χ4v) is 2.43. The molecule has 0 aliphatic rings. The molecule has 24 heavy (non-hydrogen) atoms. The molecule has 0 amide bonds. The SMILES string of the molecule is CN=C(NCCCN(C)CCOC)NCC(C)(C)c1ccccc1. The number of nitrogens with zero attached hydrogens (tertiary/aromatic N) is 2. The molecule has 0 heterocycles. The van der Waals surface area contributed by atoms with Crippen LogP contribution >= 0.6 is 0 Å². The Morgan fingerprint density at radius 3 is 2.50 bits per heavy atom. The van der Waals surface area contributed by atoms with Gasteiger partial charge in [0, 0.05) is 39.2 Å². The highest BCUT2D eigenvalue weighted by atomic mass is 16.5. The Morgan fingerprint density at radius 2 is 1.88 bits per heavy atom. The molecule has 0 bridgehead atoms. The normalized spacial score (nSPS) is 12.5. The first kappa shape index (κ1) is 20.5. The van der Waals surface area contributed by atoms with Crippen LogP contribution in [0.15, 0.2) is 35.3 Å². The number of guanidine groups is 1. The molecule has 5 heteroatoms. The van der Waals surface area contributed by atoms with Gasteiger partial charge in [-0.05, 0) is 25.6 Å². The van der Waals surface area contributed by atoms with E-state index in [1.54, 1.807) is 7.11 Å². The van der Waals surface area contributed by atoms with E-state index in [1.807, 2.05) is 7.05 Å². The summed E-state index contributed by atoms with van der Waals surface area (Å²) in [5, 5.41) is 6.82. The summed E-state index contributed by atoms with van der Waals surface area (Å²) < 4.78 is 5.09. The summed E-state index contributed by atoms with van der Waals surface area (Å²) in [6.07, 6.45) is 1.07. The third-order valence-corrected chi connectivity index (χ3v) is 4.16. The van der Waals surface area contributed by atoms with Gasteiger partial charge in [-0.3, -0.25) is 4.99 Å². The summed E-state index contributed by atoms with van der Waals surface area (Å²) in [6, 6.07) is 10.6. The van der Waals surface area contributed by atoms with Gasteiger partial charge in [0.1, 0.15) is 0 Å². The van der Waals surface area contributed by atoms with Crippen molar-refractivity contribution in [3.63, 3.8) is 0 Å². The van der Waals surface area contributed by atoms with Crippen LogP contribution in [0.1, 0.15) is 25.8 Å². The molecule has 136 valence electrons. The van der Waals surface area contributed by atoms with Crippen LogP contribution in [0.3, 0.4) is 0 Å². The van der Waals surface area contributed by atoms with Gasteiger partial charge in [0.05, 0.1) is 6.61 Å². The Labute approximate surface area is 147 Å². The van der Waals surface area contributed by atoms with E-state index in [-0.39, 0.29) is 5.41 Å². The molecule has 0 radical (unpaired) electrons. The van der Waals surface area contributed by atoms with Gasteiger partial charge >= 0.3 is 0 Å². The zero-order chi connectivity index (χ0) is 17.8. The second kappa shape index (κ2) is 11.0. The van der Waals surface area contributed by atoms with Crippen molar-refractivity contribution in [3.8, 4) is 0 Å². The fraction of sp³-hybridized carbons (Fsp3) is 0.632. The van der Waals surface area contributed by atoms with Crippen LogP contribution in [0.25, 0.3) is 0 Å². The molecule has 0 unspecified atom stereocenters. The highest BCUT2D eigenvalue weighted by molar-refractivity contribution is 5.79. The average molecular weight is 335 g/mol. The van der Waals surface area contributed by atoms with Crippen molar-refractivity contribution < 1.29 is 4.74 Å². The van der Waals surface area contributed by atoms with Crippen LogP contribution in [-0.2, 0) is 10.2 Å². The summed E-state index contributed by atoms with van der Waals surface area (Å²) in [6.45, 7) is 9.02. The Hall–Kier alpha value is -1.59. The van der Waals surface area contributed by atoms with E-state index in [1.165, 1.54) is 5.56 Å². The Bertz CT molecular complexity index is 474. The molecule has 1 rings (SSSR count). The minimum atomic E-state index is 0.0548. The summed E-state index contributed by atoms with van der Waals surface area (Å²) in [4.78, 5) is 6.59. The zero-order valence-corrected chi connectivity index (χ0v) is 15.9. The van der Waals surface area contributed by atoms with Crippen molar-refractivity contribution in [2.24, 2.45) is 4.99 Å². The molecule has 0 aliphatic carbocycles. The summed E-state index contributed by atoms with van der Waals surface area (Å²) in [7, 11) is 5.67. The number of methoxy groups -OCH3 is 1. The van der Waals surface area contributed by atoms with Gasteiger partial charge in [-0.1, -0.05) is 44.2 Å². The number of likely N-dealkylation sites (N-methyl/N-ethyl adjacent to an activating group) is 1. The van der Waals surface area contributed by atoms with Crippen molar-refractivity contribution in [3.05, 3.63) is 35.9 Å². The number of hydrogen-bond donors (Lipinski definition) is 2. The molecule has 0 aliphatic heterocycles. The van der Waals surface area contributed by atoms with E-state index in [2.05, 4.69) is 71.8 Å². The molecule has 5 nitrogen and oxygen atoms in total. The Morgan fingerprint density at radius 1 is 1.17 bits per heavy atom. The first-order valence-electron chi connectivity index (χ1n) is 8.67. The number of aliphatic imine (C=N–C) groups is 1. The molecule has 1 aromatic rings. The maximum absolute atomic E-state index is 5.09. The summed E-state index contributed by atoms with van der Waals surface area (Å²) in [5.41, 5.74) is 1.38. The minimum Gasteiger partial charge on any atom is -0.383 e. The number of benzene rings is 1.